The van der Waals surface area contributed by atoms with Crippen molar-refractivity contribution in [3.63, 3.8) is 0 Å². The van der Waals surface area contributed by atoms with Crippen LogP contribution in [0.25, 0.3) is 0 Å². The molecule has 0 nitrogen and oxygen atoms in total. The molecular weight excluding hydrogens is 295 g/mol. The third-order valence-corrected chi connectivity index (χ3v) is 16.1. The number of fused-ring (bicyclic) bond motifs is 2. The molecule has 0 radical (unpaired) electrons. The number of rotatable bonds is 2. The summed E-state index contributed by atoms with van der Waals surface area (Å²) in [4.78, 5) is 1.88. The van der Waals surface area contributed by atoms with Crippen molar-refractivity contribution in [2.45, 2.75) is 88.8 Å². The predicted molar refractivity (Wildman–Crippen MR) is 98.2 cm³/mol. The fraction of sp³-hybridized carbons (Fsp3) is 0.875. The largest absolute Gasteiger partial charge is 0.175 e. The van der Waals surface area contributed by atoms with Crippen LogP contribution in [0.15, 0.2) is 10.3 Å². The first-order valence-corrected chi connectivity index (χ1v) is 16.0. The van der Waals surface area contributed by atoms with E-state index in [1.165, 1.54) is 51.0 Å². The Morgan fingerprint density at radius 1 is 1.05 bits per heavy atom. The lowest BCUT2D eigenvalue weighted by molar-refractivity contribution is 0.445. The molecule has 0 N–H and O–H groups in total. The molecule has 0 saturated carbocycles. The van der Waals surface area contributed by atoms with E-state index in [0.717, 1.165) is 18.3 Å². The molecule has 2 saturated heterocycles. The highest BCUT2D eigenvalue weighted by Gasteiger charge is 2.50. The van der Waals surface area contributed by atoms with Gasteiger partial charge in [-0.05, 0) is 12.5 Å². The van der Waals surface area contributed by atoms with E-state index < -0.39 is 15.5 Å². The molecular formula is C16H30BClSi2. The molecule has 0 aliphatic carbocycles. The maximum absolute atomic E-state index is 7.10. The van der Waals surface area contributed by atoms with Crippen LogP contribution < -0.4 is 0 Å². The monoisotopic (exact) mass is 324 g/mol. The van der Waals surface area contributed by atoms with E-state index in [1.54, 1.807) is 0 Å². The van der Waals surface area contributed by atoms with E-state index in [-0.39, 0.29) is 0 Å². The van der Waals surface area contributed by atoms with Crippen LogP contribution in [0.5, 0.6) is 0 Å². The van der Waals surface area contributed by atoms with E-state index in [0.29, 0.717) is 0 Å². The second kappa shape index (κ2) is 5.31. The van der Waals surface area contributed by atoms with Crippen molar-refractivity contribution < 1.29 is 0 Å². The van der Waals surface area contributed by atoms with Crippen molar-refractivity contribution in [3.8, 4) is 0 Å². The summed E-state index contributed by atoms with van der Waals surface area (Å²) < 4.78 is 0. The summed E-state index contributed by atoms with van der Waals surface area (Å²) in [5.74, 6) is 2.03. The highest BCUT2D eigenvalue weighted by molar-refractivity contribution is 7.31. The van der Waals surface area contributed by atoms with Crippen LogP contribution in [0.3, 0.4) is 0 Å². The minimum atomic E-state index is -1.59. The Morgan fingerprint density at radius 3 is 2.00 bits per heavy atom. The number of hydrogen-bond donors (Lipinski definition) is 0. The Labute approximate surface area is 132 Å². The molecule has 2 bridgehead atoms. The standard InChI is InChI=1S/C16H30BClSi2/c1-19(2,3)16-15(11-12-20(16,4)18)17-13-7-5-8-14(17)10-6-9-13/h13-14H,5-12H2,1-4H3. The van der Waals surface area contributed by atoms with Gasteiger partial charge in [-0.2, -0.15) is 11.1 Å². The summed E-state index contributed by atoms with van der Waals surface area (Å²) in [6.45, 7) is 11.0. The molecule has 1 unspecified atom stereocenters. The predicted octanol–water partition coefficient (Wildman–Crippen LogP) is 6.06. The van der Waals surface area contributed by atoms with Gasteiger partial charge in [0.15, 0.2) is 14.1 Å². The van der Waals surface area contributed by atoms with Crippen molar-refractivity contribution in [1.29, 1.82) is 0 Å². The van der Waals surface area contributed by atoms with Gasteiger partial charge in [-0.1, -0.05) is 81.2 Å². The van der Waals surface area contributed by atoms with E-state index in [1.807, 2.05) is 10.3 Å². The van der Waals surface area contributed by atoms with Crippen molar-refractivity contribution in [3.05, 3.63) is 10.3 Å². The fourth-order valence-electron chi connectivity index (χ4n) is 5.80. The third-order valence-electron chi connectivity index (χ3n) is 6.17. The SMILES string of the molecule is C[Si](C)(C)C1=C(B2C3CCCC2CCC3)CC[Si]1(C)Cl. The van der Waals surface area contributed by atoms with Crippen LogP contribution in [0.2, 0.25) is 43.9 Å². The van der Waals surface area contributed by atoms with Crippen molar-refractivity contribution in [1.82, 2.24) is 0 Å². The average Bonchev–Trinajstić information content (AvgIpc) is 2.63. The molecule has 2 fully saturated rings. The summed E-state index contributed by atoms with van der Waals surface area (Å²) >= 11 is 7.10. The minimum absolute atomic E-state index is 0.951. The zero-order valence-corrected chi connectivity index (χ0v) is 16.5. The van der Waals surface area contributed by atoms with Gasteiger partial charge in [0.05, 0.1) is 8.07 Å². The summed E-state index contributed by atoms with van der Waals surface area (Å²) in [6.07, 6.45) is 10.4. The third kappa shape index (κ3) is 2.63. The number of halogens is 1. The van der Waals surface area contributed by atoms with Gasteiger partial charge in [0.2, 0.25) is 0 Å². The van der Waals surface area contributed by atoms with Crippen molar-refractivity contribution in [2.24, 2.45) is 0 Å². The fourth-order valence-corrected chi connectivity index (χ4v) is 18.8. The molecule has 0 aromatic heterocycles. The van der Waals surface area contributed by atoms with Gasteiger partial charge in [-0.25, -0.2) is 0 Å². The molecule has 0 aromatic rings. The highest BCUT2D eigenvalue weighted by Crippen LogP contribution is 2.54. The quantitative estimate of drug-likeness (QED) is 0.428. The van der Waals surface area contributed by atoms with E-state index >= 15 is 0 Å². The molecule has 4 heteroatoms. The maximum Gasteiger partial charge on any atom is 0.175 e. The second-order valence-electron chi connectivity index (χ2n) is 8.76. The summed E-state index contributed by atoms with van der Waals surface area (Å²) in [7, 11) is -2.83. The summed E-state index contributed by atoms with van der Waals surface area (Å²) in [5, 5.41) is 0. The van der Waals surface area contributed by atoms with E-state index in [9.17, 15) is 0 Å². The van der Waals surface area contributed by atoms with Crippen LogP contribution in [0.1, 0.15) is 44.9 Å². The Hall–Kier alpha value is 0.529. The van der Waals surface area contributed by atoms with Gasteiger partial charge in [0.1, 0.15) is 0 Å². The highest BCUT2D eigenvalue weighted by atomic mass is 35.6. The lowest BCUT2D eigenvalue weighted by Gasteiger charge is -2.43. The number of hydrogen-bond acceptors (Lipinski definition) is 0. The lowest BCUT2D eigenvalue weighted by Crippen LogP contribution is -2.42. The zero-order valence-electron chi connectivity index (χ0n) is 13.8. The van der Waals surface area contributed by atoms with Crippen molar-refractivity contribution in [2.75, 3.05) is 0 Å². The van der Waals surface area contributed by atoms with E-state index in [2.05, 4.69) is 26.2 Å². The Balaban J connectivity index is 2.02. The molecule has 0 spiro atoms. The summed E-state index contributed by atoms with van der Waals surface area (Å²) in [5.41, 5.74) is 1.92. The molecule has 112 valence electrons. The Bertz CT molecular complexity index is 403. The minimum Gasteiger partial charge on any atom is -0.162 e. The second-order valence-corrected chi connectivity index (χ2v) is 20.2. The van der Waals surface area contributed by atoms with Gasteiger partial charge in [-0.15, -0.1) is 5.47 Å². The van der Waals surface area contributed by atoms with Crippen LogP contribution in [-0.2, 0) is 0 Å². The molecule has 0 amide bonds. The summed E-state index contributed by atoms with van der Waals surface area (Å²) in [6, 6.07) is 1.33. The van der Waals surface area contributed by atoms with Crippen LogP contribution in [-0.4, -0.2) is 22.2 Å². The maximum atomic E-state index is 7.10. The molecule has 1 atom stereocenters. The molecule has 0 aromatic carbocycles. The first kappa shape index (κ1) is 15.4. The topological polar surface area (TPSA) is 0 Å². The molecule has 3 aliphatic rings. The average molecular weight is 325 g/mol. The normalized spacial score (nSPS) is 38.5. The van der Waals surface area contributed by atoms with Gasteiger partial charge in [0.25, 0.3) is 0 Å². The Kier molecular flexibility index (Phi) is 4.10. The Morgan fingerprint density at radius 2 is 1.55 bits per heavy atom. The van der Waals surface area contributed by atoms with Gasteiger partial charge in [0, 0.05) is 0 Å². The first-order chi connectivity index (χ1) is 9.31. The van der Waals surface area contributed by atoms with E-state index in [4.69, 9.17) is 11.1 Å². The molecule has 3 aliphatic heterocycles. The van der Waals surface area contributed by atoms with Gasteiger partial charge < -0.3 is 0 Å². The first-order valence-electron chi connectivity index (χ1n) is 8.73. The lowest BCUT2D eigenvalue weighted by atomic mass is 9.24. The zero-order chi connectivity index (χ0) is 14.5. The molecule has 20 heavy (non-hydrogen) atoms. The van der Waals surface area contributed by atoms with Crippen LogP contribution >= 0.6 is 11.1 Å². The van der Waals surface area contributed by atoms with Gasteiger partial charge in [-0.3, -0.25) is 0 Å². The smallest absolute Gasteiger partial charge is 0.162 e. The van der Waals surface area contributed by atoms with Crippen LogP contribution in [0.4, 0.5) is 0 Å². The van der Waals surface area contributed by atoms with Crippen molar-refractivity contribution >= 4 is 33.2 Å². The van der Waals surface area contributed by atoms with Gasteiger partial charge >= 0.3 is 0 Å². The molecule has 3 rings (SSSR count). The number of allylic oxidation sites excluding steroid dienone is 1. The molecule has 3 heterocycles. The van der Waals surface area contributed by atoms with Crippen LogP contribution in [0, 0.1) is 0 Å².